The van der Waals surface area contributed by atoms with Gasteiger partial charge < -0.3 is 4.57 Å². The zero-order valence-electron chi connectivity index (χ0n) is 19.8. The van der Waals surface area contributed by atoms with Gasteiger partial charge in [0.15, 0.2) is 5.11 Å². The minimum atomic E-state index is -0.530. The third kappa shape index (κ3) is 4.08. The molecule has 0 bridgehead atoms. The minimum Gasteiger partial charge on any atom is -0.342 e. The summed E-state index contributed by atoms with van der Waals surface area (Å²) in [5.74, 6) is -1.000. The van der Waals surface area contributed by atoms with Crippen molar-refractivity contribution in [3.63, 3.8) is 0 Å². The maximum absolute atomic E-state index is 13.6. The van der Waals surface area contributed by atoms with E-state index in [1.54, 1.807) is 12.1 Å². The molecule has 1 saturated heterocycles. The molecule has 0 spiro atoms. The van der Waals surface area contributed by atoms with Gasteiger partial charge in [0.25, 0.3) is 11.8 Å². The lowest BCUT2D eigenvalue weighted by Gasteiger charge is -2.30. The van der Waals surface area contributed by atoms with E-state index in [-0.39, 0.29) is 10.7 Å². The molecule has 0 saturated carbocycles. The Hall–Kier alpha value is -4.54. The first-order valence-corrected chi connectivity index (χ1v) is 11.8. The second-order valence-electron chi connectivity index (χ2n) is 8.75. The van der Waals surface area contributed by atoms with Crippen LogP contribution in [0.2, 0.25) is 0 Å². The molecule has 1 N–H and O–H groups in total. The fraction of sp³-hybridized carbons (Fsp3) is 0.103. The number of anilines is 1. The Morgan fingerprint density at radius 1 is 1.03 bits per heavy atom. The van der Waals surface area contributed by atoms with Gasteiger partial charge in [-0.25, -0.2) is 0 Å². The number of benzene rings is 3. The highest BCUT2D eigenvalue weighted by Crippen LogP contribution is 2.29. The van der Waals surface area contributed by atoms with Crippen LogP contribution in [0.25, 0.3) is 17.0 Å². The summed E-state index contributed by atoms with van der Waals surface area (Å²) in [7, 11) is 0. The molecule has 36 heavy (non-hydrogen) atoms. The SMILES string of the molecule is Cc1ccc(N2C(=O)/C(=C/c3cn(Cc4ccccc4C#N)c4ccccc34)C(=O)NC2=S)c(C)c1. The van der Waals surface area contributed by atoms with E-state index < -0.39 is 11.8 Å². The first-order chi connectivity index (χ1) is 17.4. The number of para-hydroxylation sites is 1. The van der Waals surface area contributed by atoms with Crippen LogP contribution in [0.4, 0.5) is 5.69 Å². The van der Waals surface area contributed by atoms with Crippen molar-refractivity contribution in [2.24, 2.45) is 0 Å². The molecule has 1 aliphatic rings. The molecule has 1 fully saturated rings. The molecule has 0 aliphatic carbocycles. The maximum Gasteiger partial charge on any atom is 0.270 e. The summed E-state index contributed by atoms with van der Waals surface area (Å²) >= 11 is 5.37. The number of hydrogen-bond donors (Lipinski definition) is 1. The number of nitriles is 1. The fourth-order valence-corrected chi connectivity index (χ4v) is 4.83. The van der Waals surface area contributed by atoms with Gasteiger partial charge in [-0.1, -0.05) is 54.1 Å². The number of carbonyl (C=O) groups is 2. The molecular weight excluding hydrogens is 468 g/mol. The summed E-state index contributed by atoms with van der Waals surface area (Å²) < 4.78 is 2.02. The average Bonchev–Trinajstić information content (AvgIpc) is 3.20. The Kier molecular flexibility index (Phi) is 5.96. The van der Waals surface area contributed by atoms with Gasteiger partial charge in [0, 0.05) is 29.2 Å². The number of hydrogen-bond acceptors (Lipinski definition) is 4. The summed E-state index contributed by atoms with van der Waals surface area (Å²) in [6.07, 6.45) is 3.52. The molecule has 1 aromatic heterocycles. The average molecular weight is 491 g/mol. The molecule has 5 rings (SSSR count). The molecule has 3 aromatic carbocycles. The molecule has 4 aromatic rings. The van der Waals surface area contributed by atoms with Crippen molar-refractivity contribution in [1.29, 1.82) is 5.26 Å². The van der Waals surface area contributed by atoms with Gasteiger partial charge in [0.1, 0.15) is 5.57 Å². The molecule has 2 heterocycles. The van der Waals surface area contributed by atoms with Crippen LogP contribution in [0.1, 0.15) is 27.8 Å². The van der Waals surface area contributed by atoms with Crippen LogP contribution in [0, 0.1) is 25.2 Å². The van der Waals surface area contributed by atoms with Gasteiger partial charge in [-0.2, -0.15) is 5.26 Å². The van der Waals surface area contributed by atoms with E-state index in [1.807, 2.05) is 85.3 Å². The summed E-state index contributed by atoms with van der Waals surface area (Å²) in [5, 5.41) is 13.1. The summed E-state index contributed by atoms with van der Waals surface area (Å²) in [6.45, 7) is 4.36. The number of nitrogens with zero attached hydrogens (tertiary/aromatic N) is 3. The fourth-order valence-electron chi connectivity index (χ4n) is 4.56. The molecule has 0 atom stereocenters. The predicted molar refractivity (Wildman–Crippen MR) is 144 cm³/mol. The zero-order valence-corrected chi connectivity index (χ0v) is 20.6. The highest BCUT2D eigenvalue weighted by atomic mass is 32.1. The molecule has 7 heteroatoms. The third-order valence-electron chi connectivity index (χ3n) is 6.29. The molecule has 2 amide bonds. The van der Waals surface area contributed by atoms with Crippen LogP contribution in [-0.4, -0.2) is 21.5 Å². The van der Waals surface area contributed by atoms with Crippen molar-refractivity contribution in [1.82, 2.24) is 9.88 Å². The predicted octanol–water partition coefficient (Wildman–Crippen LogP) is 5.01. The van der Waals surface area contributed by atoms with Crippen LogP contribution in [0.15, 0.2) is 78.5 Å². The van der Waals surface area contributed by atoms with E-state index in [0.717, 1.165) is 33.2 Å². The molecule has 0 radical (unpaired) electrons. The smallest absolute Gasteiger partial charge is 0.270 e. The van der Waals surface area contributed by atoms with Crippen LogP contribution in [0.3, 0.4) is 0 Å². The first kappa shape index (κ1) is 23.2. The molecule has 6 nitrogen and oxygen atoms in total. The van der Waals surface area contributed by atoms with Crippen LogP contribution in [-0.2, 0) is 16.1 Å². The second kappa shape index (κ2) is 9.25. The Morgan fingerprint density at radius 3 is 2.56 bits per heavy atom. The van der Waals surface area contributed by atoms with Crippen LogP contribution >= 0.6 is 12.2 Å². The zero-order chi connectivity index (χ0) is 25.4. The lowest BCUT2D eigenvalue weighted by molar-refractivity contribution is -0.122. The third-order valence-corrected chi connectivity index (χ3v) is 6.58. The number of amides is 2. The normalized spacial score (nSPS) is 14.9. The van der Waals surface area contributed by atoms with Crippen molar-refractivity contribution >= 4 is 51.8 Å². The van der Waals surface area contributed by atoms with Crippen molar-refractivity contribution in [2.45, 2.75) is 20.4 Å². The monoisotopic (exact) mass is 490 g/mol. The number of aryl methyl sites for hydroxylation is 2. The van der Waals surface area contributed by atoms with Crippen molar-refractivity contribution in [3.8, 4) is 6.07 Å². The number of rotatable bonds is 4. The van der Waals surface area contributed by atoms with Gasteiger partial charge in [-0.3, -0.25) is 19.8 Å². The topological polar surface area (TPSA) is 78.1 Å². The number of carbonyl (C=O) groups excluding carboxylic acids is 2. The van der Waals surface area contributed by atoms with E-state index >= 15 is 0 Å². The number of thiocarbonyl (C=S) groups is 1. The Balaban J connectivity index is 1.59. The number of aromatic nitrogens is 1. The van der Waals surface area contributed by atoms with Crippen molar-refractivity contribution < 1.29 is 9.59 Å². The molecule has 0 unspecified atom stereocenters. The largest absolute Gasteiger partial charge is 0.342 e. The highest BCUT2D eigenvalue weighted by molar-refractivity contribution is 7.80. The van der Waals surface area contributed by atoms with Crippen molar-refractivity contribution in [3.05, 3.63) is 106 Å². The molecule has 1 aliphatic heterocycles. The van der Waals surface area contributed by atoms with Crippen LogP contribution < -0.4 is 10.2 Å². The van der Waals surface area contributed by atoms with Gasteiger partial charge in [0.05, 0.1) is 17.3 Å². The molecular formula is C29H22N4O2S. The highest BCUT2D eigenvalue weighted by Gasteiger charge is 2.35. The van der Waals surface area contributed by atoms with E-state index in [2.05, 4.69) is 11.4 Å². The standard InChI is InChI=1S/C29H22N4O2S/c1-18-11-12-25(19(2)13-18)33-28(35)24(27(34)31-29(33)36)14-22-17-32(26-10-6-5-9-23(22)26)16-21-8-4-3-7-20(21)15-30/h3-14,17H,16H2,1-2H3,(H,31,34,36)/b24-14+. The van der Waals surface area contributed by atoms with Gasteiger partial charge in [-0.05, 0) is 61.5 Å². The first-order valence-electron chi connectivity index (χ1n) is 11.4. The van der Waals surface area contributed by atoms with Gasteiger partial charge in [0.2, 0.25) is 0 Å². The van der Waals surface area contributed by atoms with Gasteiger partial charge >= 0.3 is 0 Å². The lowest BCUT2D eigenvalue weighted by atomic mass is 10.0. The summed E-state index contributed by atoms with van der Waals surface area (Å²) in [5.41, 5.74) is 5.74. The minimum absolute atomic E-state index is 0.00361. The lowest BCUT2D eigenvalue weighted by Crippen LogP contribution is -2.54. The quantitative estimate of drug-likeness (QED) is 0.248. The van der Waals surface area contributed by atoms with E-state index in [1.165, 1.54) is 4.90 Å². The maximum atomic E-state index is 13.6. The van der Waals surface area contributed by atoms with Gasteiger partial charge in [-0.15, -0.1) is 0 Å². The Labute approximate surface area is 214 Å². The van der Waals surface area contributed by atoms with Crippen LogP contribution in [0.5, 0.6) is 0 Å². The number of nitrogens with one attached hydrogen (secondary N) is 1. The van der Waals surface area contributed by atoms with E-state index in [4.69, 9.17) is 12.2 Å². The summed E-state index contributed by atoms with van der Waals surface area (Å²) in [6, 6.07) is 23.2. The van der Waals surface area contributed by atoms with E-state index in [9.17, 15) is 14.9 Å². The Morgan fingerprint density at radius 2 is 1.78 bits per heavy atom. The molecule has 176 valence electrons. The van der Waals surface area contributed by atoms with E-state index in [0.29, 0.717) is 17.8 Å². The summed E-state index contributed by atoms with van der Waals surface area (Å²) in [4.78, 5) is 27.8. The second-order valence-corrected chi connectivity index (χ2v) is 9.13. The number of fused-ring (bicyclic) bond motifs is 1. The van der Waals surface area contributed by atoms with Crippen molar-refractivity contribution in [2.75, 3.05) is 4.90 Å². The Bertz CT molecular complexity index is 1640.